The molecule has 4 rings (SSSR count). The van der Waals surface area contributed by atoms with Gasteiger partial charge in [0.25, 0.3) is 0 Å². The topological polar surface area (TPSA) is 117 Å². The number of thiophene rings is 1. The average molecular weight is 455 g/mol. The van der Waals surface area contributed by atoms with Crippen LogP contribution < -0.4 is 15.8 Å². The number of hydrogen-bond acceptors (Lipinski definition) is 8. The van der Waals surface area contributed by atoms with E-state index in [0.29, 0.717) is 23.0 Å². The van der Waals surface area contributed by atoms with Crippen LogP contribution in [0.4, 0.5) is 17.2 Å². The third-order valence-electron chi connectivity index (χ3n) is 5.55. The molecule has 0 radical (unpaired) electrons. The van der Waals surface area contributed by atoms with Crippen LogP contribution in [0.2, 0.25) is 0 Å². The number of methoxy groups -OCH3 is 1. The van der Waals surface area contributed by atoms with Gasteiger partial charge in [-0.1, -0.05) is 0 Å². The zero-order chi connectivity index (χ0) is 23.3. The number of nitrogens with two attached hydrogens (primary N) is 1. The number of carbonyl (C=O) groups is 1. The Morgan fingerprint density at radius 1 is 1.28 bits per heavy atom. The van der Waals surface area contributed by atoms with Crippen LogP contribution in [0.1, 0.15) is 42.7 Å². The Labute approximate surface area is 192 Å². The Bertz CT molecular complexity index is 1110. The molecule has 3 aromatic rings. The fraction of sp³-hybridized carbons (Fsp3) is 0.391. The molecule has 1 aliphatic rings. The summed E-state index contributed by atoms with van der Waals surface area (Å²) in [5, 5.41) is 12.0. The van der Waals surface area contributed by atoms with Crippen LogP contribution in [0.25, 0.3) is 10.2 Å². The second-order valence-electron chi connectivity index (χ2n) is 7.93. The Morgan fingerprint density at radius 2 is 2.03 bits per heavy atom. The molecule has 9 heteroatoms. The summed E-state index contributed by atoms with van der Waals surface area (Å²) in [6, 6.07) is 3.87. The Hall–Kier alpha value is -3.20. The average Bonchev–Trinajstić information content (AvgIpc) is 3.19. The highest BCUT2D eigenvalue weighted by molar-refractivity contribution is 7.19. The van der Waals surface area contributed by atoms with Crippen molar-refractivity contribution < 1.29 is 9.53 Å². The van der Waals surface area contributed by atoms with Gasteiger partial charge in [-0.05, 0) is 51.2 Å². The molecule has 2 aromatic heterocycles. The Balaban J connectivity index is 0.000000360. The number of hydrogen-bond donors (Lipinski definition) is 3. The summed E-state index contributed by atoms with van der Waals surface area (Å²) < 4.78 is 5.45. The number of nitrogens with one attached hydrogen (secondary N) is 2. The number of amides is 1. The summed E-state index contributed by atoms with van der Waals surface area (Å²) in [5.74, 6) is 1.40. The van der Waals surface area contributed by atoms with Crippen molar-refractivity contribution in [1.29, 1.82) is 5.41 Å². The van der Waals surface area contributed by atoms with Crippen LogP contribution in [0, 0.1) is 5.41 Å². The maximum Gasteiger partial charge on any atom is 0.209 e. The van der Waals surface area contributed by atoms with Crippen molar-refractivity contribution in [2.45, 2.75) is 45.6 Å². The van der Waals surface area contributed by atoms with Gasteiger partial charge in [0.1, 0.15) is 22.7 Å². The maximum atomic E-state index is 9.87. The monoisotopic (exact) mass is 454 g/mol. The van der Waals surface area contributed by atoms with Crippen molar-refractivity contribution in [3.05, 3.63) is 34.5 Å². The van der Waals surface area contributed by atoms with Gasteiger partial charge in [0.05, 0.1) is 18.2 Å². The van der Waals surface area contributed by atoms with Gasteiger partial charge in [0, 0.05) is 41.5 Å². The zero-order valence-corrected chi connectivity index (χ0v) is 19.8. The minimum atomic E-state index is 0.331. The normalized spacial score (nSPS) is 12.5. The van der Waals surface area contributed by atoms with Gasteiger partial charge >= 0.3 is 0 Å². The zero-order valence-electron chi connectivity index (χ0n) is 18.9. The van der Waals surface area contributed by atoms with Gasteiger partial charge in [0.2, 0.25) is 6.41 Å². The van der Waals surface area contributed by atoms with E-state index in [4.69, 9.17) is 15.9 Å². The summed E-state index contributed by atoms with van der Waals surface area (Å²) in [6.07, 6.45) is 8.29. The van der Waals surface area contributed by atoms with Crippen molar-refractivity contribution in [2.75, 3.05) is 25.2 Å². The number of nitrogen functional groups attached to an aromatic ring is 1. The Kier molecular flexibility index (Phi) is 7.63. The van der Waals surface area contributed by atoms with E-state index in [1.54, 1.807) is 42.8 Å². The molecule has 4 N–H and O–H groups in total. The summed E-state index contributed by atoms with van der Waals surface area (Å²) in [7, 11) is 3.36. The smallest absolute Gasteiger partial charge is 0.209 e. The van der Waals surface area contributed by atoms with Gasteiger partial charge in [-0.2, -0.15) is 0 Å². The first kappa shape index (κ1) is 23.5. The first-order chi connectivity index (χ1) is 15.4. The lowest BCUT2D eigenvalue weighted by molar-refractivity contribution is -0.118. The number of fused-ring (bicyclic) bond motifs is 3. The highest BCUT2D eigenvalue weighted by atomic mass is 32.1. The van der Waals surface area contributed by atoms with E-state index in [0.717, 1.165) is 41.0 Å². The standard InChI is InChI=1S/C18H19N5OS.C5H11NO/c1-24-14-7-12(20)10(8-19)6-13(14)23-17-16-11-4-2-3-5-15(11)25-18(16)22-9-21-17;1-5(2)6(3)4-7/h6-9,19H,2-5,20H2,1H3,(H,21,22,23);4-5H,1-3H3. The van der Waals surface area contributed by atoms with Gasteiger partial charge in [-0.3, -0.25) is 4.79 Å². The maximum absolute atomic E-state index is 9.87. The van der Waals surface area contributed by atoms with E-state index in [9.17, 15) is 4.79 Å². The predicted molar refractivity (Wildman–Crippen MR) is 132 cm³/mol. The van der Waals surface area contributed by atoms with Gasteiger partial charge < -0.3 is 26.1 Å². The molecule has 8 nitrogen and oxygen atoms in total. The van der Waals surface area contributed by atoms with Gasteiger partial charge in [-0.15, -0.1) is 11.3 Å². The lowest BCUT2D eigenvalue weighted by Gasteiger charge is -2.15. The van der Waals surface area contributed by atoms with E-state index in [1.807, 2.05) is 19.9 Å². The van der Waals surface area contributed by atoms with Crippen LogP contribution in [-0.4, -0.2) is 47.7 Å². The molecular weight excluding hydrogens is 424 g/mol. The first-order valence-corrected chi connectivity index (χ1v) is 11.4. The van der Waals surface area contributed by atoms with Crippen molar-refractivity contribution in [2.24, 2.45) is 0 Å². The summed E-state index contributed by atoms with van der Waals surface area (Å²) in [4.78, 5) is 22.9. The molecule has 0 unspecified atom stereocenters. The van der Waals surface area contributed by atoms with E-state index in [-0.39, 0.29) is 0 Å². The van der Waals surface area contributed by atoms with Crippen molar-refractivity contribution in [3.8, 4) is 5.75 Å². The van der Waals surface area contributed by atoms with E-state index >= 15 is 0 Å². The van der Waals surface area contributed by atoms with Crippen molar-refractivity contribution >= 4 is 51.4 Å². The largest absolute Gasteiger partial charge is 0.494 e. The third kappa shape index (κ3) is 4.99. The van der Waals surface area contributed by atoms with Crippen LogP contribution in [0.5, 0.6) is 5.75 Å². The molecule has 0 aliphatic heterocycles. The summed E-state index contributed by atoms with van der Waals surface area (Å²) >= 11 is 1.77. The first-order valence-electron chi connectivity index (χ1n) is 10.6. The quantitative estimate of drug-likeness (QED) is 0.289. The predicted octanol–water partition coefficient (Wildman–Crippen LogP) is 4.39. The number of anilines is 3. The molecule has 0 saturated carbocycles. The summed E-state index contributed by atoms with van der Waals surface area (Å²) in [5.41, 5.74) is 9.22. The number of rotatable bonds is 6. The van der Waals surface area contributed by atoms with Crippen LogP contribution in [-0.2, 0) is 17.6 Å². The van der Waals surface area contributed by atoms with E-state index in [1.165, 1.54) is 29.5 Å². The van der Waals surface area contributed by atoms with Crippen LogP contribution >= 0.6 is 11.3 Å². The van der Waals surface area contributed by atoms with Gasteiger partial charge in [-0.25, -0.2) is 9.97 Å². The number of ether oxygens (including phenoxy) is 1. The molecule has 0 fully saturated rings. The molecule has 0 atom stereocenters. The molecule has 1 aromatic carbocycles. The number of nitrogens with zero attached hydrogens (tertiary/aromatic N) is 3. The number of benzene rings is 1. The molecule has 0 bridgehead atoms. The Morgan fingerprint density at radius 3 is 2.66 bits per heavy atom. The molecule has 170 valence electrons. The SMILES string of the molecule is CC(C)N(C)C=O.COc1cc(N)c(C=N)cc1Nc1ncnc2sc3c(c12)CCCC3. The van der Waals surface area contributed by atoms with Gasteiger partial charge in [0.15, 0.2) is 0 Å². The minimum Gasteiger partial charge on any atom is -0.494 e. The van der Waals surface area contributed by atoms with Crippen LogP contribution in [0.3, 0.4) is 0 Å². The number of carbonyl (C=O) groups excluding carboxylic acids is 1. The van der Waals surface area contributed by atoms with Crippen molar-refractivity contribution in [1.82, 2.24) is 14.9 Å². The third-order valence-corrected chi connectivity index (χ3v) is 6.75. The number of aromatic nitrogens is 2. The van der Waals surface area contributed by atoms with Crippen LogP contribution in [0.15, 0.2) is 18.5 Å². The lowest BCUT2D eigenvalue weighted by atomic mass is 9.97. The second-order valence-corrected chi connectivity index (χ2v) is 9.01. The molecule has 0 saturated heterocycles. The fourth-order valence-electron chi connectivity index (χ4n) is 3.44. The lowest BCUT2D eigenvalue weighted by Crippen LogP contribution is -2.23. The van der Waals surface area contributed by atoms with E-state index < -0.39 is 0 Å². The highest BCUT2D eigenvalue weighted by Gasteiger charge is 2.20. The van der Waals surface area contributed by atoms with Crippen molar-refractivity contribution in [3.63, 3.8) is 0 Å². The fourth-order valence-corrected chi connectivity index (χ4v) is 4.67. The minimum absolute atomic E-state index is 0.331. The molecule has 1 amide bonds. The molecular formula is C23H30N6O2S. The molecule has 32 heavy (non-hydrogen) atoms. The second kappa shape index (κ2) is 10.4. The molecule has 2 heterocycles. The summed E-state index contributed by atoms with van der Waals surface area (Å²) in [6.45, 7) is 3.93. The highest BCUT2D eigenvalue weighted by Crippen LogP contribution is 2.40. The number of aryl methyl sites for hydroxylation is 2. The van der Waals surface area contributed by atoms with E-state index in [2.05, 4.69) is 15.3 Å². The molecule has 1 aliphatic carbocycles. The molecule has 0 spiro atoms.